The van der Waals surface area contributed by atoms with Gasteiger partial charge in [-0.25, -0.2) is 0 Å². The quantitative estimate of drug-likeness (QED) is 0.759. The van der Waals surface area contributed by atoms with Crippen LogP contribution in [0.3, 0.4) is 0 Å². The van der Waals surface area contributed by atoms with Gasteiger partial charge in [-0.15, -0.1) is 11.8 Å². The smallest absolute Gasteiger partial charge is 0.230 e. The molecule has 3 rings (SSSR count). The van der Waals surface area contributed by atoms with Gasteiger partial charge in [0.25, 0.3) is 0 Å². The number of hydrogen-bond donors (Lipinski definition) is 1. The highest BCUT2D eigenvalue weighted by Crippen LogP contribution is 2.21. The van der Waals surface area contributed by atoms with Crippen molar-refractivity contribution >= 4 is 17.7 Å². The molecule has 0 saturated carbocycles. The maximum Gasteiger partial charge on any atom is 0.230 e. The third kappa shape index (κ3) is 5.02. The second-order valence-electron chi connectivity index (χ2n) is 6.61. The molecule has 1 amide bonds. The Morgan fingerprint density at radius 3 is 2.65 bits per heavy atom. The molecule has 0 aromatic heterocycles. The van der Waals surface area contributed by atoms with Crippen LogP contribution in [0.5, 0.6) is 5.75 Å². The number of thioether (sulfide) groups is 1. The van der Waals surface area contributed by atoms with Crippen LogP contribution in [-0.2, 0) is 17.8 Å². The number of ether oxygens (including phenoxy) is 1. The van der Waals surface area contributed by atoms with Gasteiger partial charge in [-0.1, -0.05) is 24.3 Å². The van der Waals surface area contributed by atoms with Crippen molar-refractivity contribution in [3.63, 3.8) is 0 Å². The molecule has 5 heteroatoms. The van der Waals surface area contributed by atoms with E-state index in [1.807, 2.05) is 24.3 Å². The molecule has 0 spiro atoms. The molecule has 2 aromatic rings. The van der Waals surface area contributed by atoms with Gasteiger partial charge in [-0.05, 0) is 48.7 Å². The molecule has 2 aromatic carbocycles. The van der Waals surface area contributed by atoms with Crippen LogP contribution >= 0.6 is 11.8 Å². The van der Waals surface area contributed by atoms with E-state index in [2.05, 4.69) is 41.4 Å². The van der Waals surface area contributed by atoms with Gasteiger partial charge in [0.05, 0.1) is 12.9 Å². The zero-order valence-electron chi connectivity index (χ0n) is 15.4. The molecule has 1 aliphatic rings. The largest absolute Gasteiger partial charge is 0.497 e. The fraction of sp³-hybridized carbons (Fsp3) is 0.381. The van der Waals surface area contributed by atoms with Crippen molar-refractivity contribution in [1.29, 1.82) is 0 Å². The van der Waals surface area contributed by atoms with Crippen LogP contribution in [-0.4, -0.2) is 42.8 Å². The minimum Gasteiger partial charge on any atom is -0.497 e. The van der Waals surface area contributed by atoms with E-state index >= 15 is 0 Å². The van der Waals surface area contributed by atoms with Crippen molar-refractivity contribution in [1.82, 2.24) is 10.2 Å². The number of methoxy groups -OCH3 is 1. The van der Waals surface area contributed by atoms with E-state index < -0.39 is 0 Å². The Kier molecular flexibility index (Phi) is 6.58. The van der Waals surface area contributed by atoms with Gasteiger partial charge in [0.2, 0.25) is 5.91 Å². The Morgan fingerprint density at radius 2 is 1.92 bits per heavy atom. The minimum absolute atomic E-state index is 0.0788. The molecule has 4 nitrogen and oxygen atoms in total. The van der Waals surface area contributed by atoms with Crippen LogP contribution in [0.1, 0.15) is 18.1 Å². The molecule has 0 saturated heterocycles. The van der Waals surface area contributed by atoms with Crippen LogP contribution in [0.25, 0.3) is 0 Å². The van der Waals surface area contributed by atoms with Gasteiger partial charge < -0.3 is 10.1 Å². The van der Waals surface area contributed by atoms with Gasteiger partial charge in [0, 0.05) is 30.6 Å². The predicted octanol–water partition coefficient (Wildman–Crippen LogP) is 3.35. The number of carbonyl (C=O) groups is 1. The highest BCUT2D eigenvalue weighted by Gasteiger charge is 2.20. The number of benzene rings is 2. The van der Waals surface area contributed by atoms with E-state index in [9.17, 15) is 4.79 Å². The van der Waals surface area contributed by atoms with E-state index in [1.54, 1.807) is 18.9 Å². The topological polar surface area (TPSA) is 41.6 Å². The van der Waals surface area contributed by atoms with Crippen LogP contribution in [0.15, 0.2) is 53.4 Å². The monoisotopic (exact) mass is 370 g/mol. The summed E-state index contributed by atoms with van der Waals surface area (Å²) in [6.45, 7) is 4.89. The van der Waals surface area contributed by atoms with E-state index in [1.165, 1.54) is 11.1 Å². The summed E-state index contributed by atoms with van der Waals surface area (Å²) in [4.78, 5) is 15.7. The molecular weight excluding hydrogens is 344 g/mol. The maximum atomic E-state index is 12.1. The van der Waals surface area contributed by atoms with Crippen molar-refractivity contribution in [2.75, 3.05) is 26.0 Å². The standard InChI is InChI=1S/C21H26N2O2S/c1-16(23-12-11-17-5-3-4-6-18(17)14-23)13-22-21(24)15-26-20-9-7-19(25-2)8-10-20/h3-10,16H,11-15H2,1-2H3,(H,22,24). The van der Waals surface area contributed by atoms with Gasteiger partial charge in [-0.2, -0.15) is 0 Å². The average molecular weight is 371 g/mol. The third-order valence-corrected chi connectivity index (χ3v) is 5.82. The molecule has 138 valence electrons. The Labute approximate surface area is 159 Å². The number of fused-ring (bicyclic) bond motifs is 1. The fourth-order valence-corrected chi connectivity index (χ4v) is 3.88. The molecule has 1 heterocycles. The Bertz CT molecular complexity index is 733. The zero-order valence-corrected chi connectivity index (χ0v) is 16.2. The second kappa shape index (κ2) is 9.10. The lowest BCUT2D eigenvalue weighted by Gasteiger charge is -2.33. The Hall–Kier alpha value is -1.98. The van der Waals surface area contributed by atoms with E-state index in [-0.39, 0.29) is 5.91 Å². The molecule has 1 unspecified atom stereocenters. The van der Waals surface area contributed by atoms with E-state index in [4.69, 9.17) is 4.74 Å². The van der Waals surface area contributed by atoms with Crippen LogP contribution in [0.2, 0.25) is 0 Å². The average Bonchev–Trinajstić information content (AvgIpc) is 2.70. The molecule has 1 atom stereocenters. The van der Waals surface area contributed by atoms with E-state index in [0.717, 1.165) is 30.2 Å². The number of rotatable bonds is 7. The third-order valence-electron chi connectivity index (χ3n) is 4.81. The summed E-state index contributed by atoms with van der Waals surface area (Å²) in [5.41, 5.74) is 2.86. The first-order valence-corrected chi connectivity index (χ1v) is 9.98. The molecule has 0 bridgehead atoms. The summed E-state index contributed by atoms with van der Waals surface area (Å²) in [6.07, 6.45) is 1.09. The number of amides is 1. The van der Waals surface area contributed by atoms with Crippen LogP contribution < -0.4 is 10.1 Å². The summed E-state index contributed by atoms with van der Waals surface area (Å²) < 4.78 is 5.15. The first-order valence-electron chi connectivity index (χ1n) is 9.00. The second-order valence-corrected chi connectivity index (χ2v) is 7.66. The lowest BCUT2D eigenvalue weighted by atomic mass is 9.99. The molecule has 0 radical (unpaired) electrons. The normalized spacial score (nSPS) is 15.2. The SMILES string of the molecule is COc1ccc(SCC(=O)NCC(C)N2CCc3ccccc3C2)cc1. The Morgan fingerprint density at radius 1 is 1.19 bits per heavy atom. The van der Waals surface area contributed by atoms with Crippen molar-refractivity contribution in [3.05, 3.63) is 59.7 Å². The summed E-state index contributed by atoms with van der Waals surface area (Å²) in [6, 6.07) is 16.7. The molecule has 26 heavy (non-hydrogen) atoms. The lowest BCUT2D eigenvalue weighted by Crippen LogP contribution is -2.44. The van der Waals surface area contributed by atoms with Crippen LogP contribution in [0, 0.1) is 0 Å². The maximum absolute atomic E-state index is 12.1. The summed E-state index contributed by atoms with van der Waals surface area (Å²) >= 11 is 1.54. The molecular formula is C21H26N2O2S. The van der Waals surface area contributed by atoms with E-state index in [0.29, 0.717) is 18.3 Å². The number of hydrogen-bond acceptors (Lipinski definition) is 4. The van der Waals surface area contributed by atoms with Crippen molar-refractivity contribution in [2.45, 2.75) is 30.8 Å². The molecule has 0 aliphatic carbocycles. The van der Waals surface area contributed by atoms with Crippen LogP contribution in [0.4, 0.5) is 0 Å². The summed E-state index contributed by atoms with van der Waals surface area (Å²) in [5.74, 6) is 1.34. The van der Waals surface area contributed by atoms with Crippen molar-refractivity contribution < 1.29 is 9.53 Å². The highest BCUT2D eigenvalue weighted by molar-refractivity contribution is 8.00. The van der Waals surface area contributed by atoms with Crippen molar-refractivity contribution in [3.8, 4) is 5.75 Å². The number of nitrogens with one attached hydrogen (secondary N) is 1. The lowest BCUT2D eigenvalue weighted by molar-refractivity contribution is -0.118. The number of nitrogens with zero attached hydrogens (tertiary/aromatic N) is 1. The first kappa shape index (κ1) is 18.8. The van der Waals surface area contributed by atoms with Gasteiger partial charge >= 0.3 is 0 Å². The van der Waals surface area contributed by atoms with Crippen molar-refractivity contribution in [2.24, 2.45) is 0 Å². The highest BCUT2D eigenvalue weighted by atomic mass is 32.2. The van der Waals surface area contributed by atoms with Gasteiger partial charge in [0.1, 0.15) is 5.75 Å². The Balaban J connectivity index is 1.41. The molecule has 0 fully saturated rings. The number of carbonyl (C=O) groups excluding carboxylic acids is 1. The first-order chi connectivity index (χ1) is 12.7. The molecule has 1 N–H and O–H groups in total. The van der Waals surface area contributed by atoms with Gasteiger partial charge in [0.15, 0.2) is 0 Å². The minimum atomic E-state index is 0.0788. The molecule has 1 aliphatic heterocycles. The predicted molar refractivity (Wildman–Crippen MR) is 107 cm³/mol. The zero-order chi connectivity index (χ0) is 18.4. The summed E-state index contributed by atoms with van der Waals surface area (Å²) in [5, 5.41) is 3.07. The fourth-order valence-electron chi connectivity index (χ4n) is 3.16. The van der Waals surface area contributed by atoms with Gasteiger partial charge in [-0.3, -0.25) is 9.69 Å². The summed E-state index contributed by atoms with van der Waals surface area (Å²) in [7, 11) is 1.65.